The van der Waals surface area contributed by atoms with Crippen LogP contribution in [0.5, 0.6) is 0 Å². The van der Waals surface area contributed by atoms with Gasteiger partial charge in [0.05, 0.1) is 0 Å². The van der Waals surface area contributed by atoms with E-state index in [-0.39, 0.29) is 5.78 Å². The Labute approximate surface area is 124 Å². The lowest BCUT2D eigenvalue weighted by Crippen LogP contribution is -2.01. The lowest BCUT2D eigenvalue weighted by Gasteiger charge is -2.11. The summed E-state index contributed by atoms with van der Waals surface area (Å²) in [6, 6.07) is 19.0. The first-order valence-corrected chi connectivity index (χ1v) is 7.25. The number of ketones is 1. The molecule has 0 heterocycles. The highest BCUT2D eigenvalue weighted by Gasteiger charge is 2.10. The largest absolute Gasteiger partial charge is 0.295 e. The van der Waals surface area contributed by atoms with Gasteiger partial charge in [0.2, 0.25) is 0 Å². The fourth-order valence-corrected chi connectivity index (χ4v) is 2.83. The Morgan fingerprint density at radius 3 is 2.00 bits per heavy atom. The van der Waals surface area contributed by atoms with E-state index in [1.807, 2.05) is 0 Å². The van der Waals surface area contributed by atoms with Crippen LogP contribution in [0.25, 0.3) is 21.5 Å². The van der Waals surface area contributed by atoms with Crippen LogP contribution in [0.3, 0.4) is 0 Å². The van der Waals surface area contributed by atoms with Crippen LogP contribution in [0.2, 0.25) is 0 Å². The van der Waals surface area contributed by atoms with E-state index in [4.69, 9.17) is 0 Å². The minimum Gasteiger partial charge on any atom is -0.295 e. The maximum Gasteiger partial charge on any atom is 0.158 e. The van der Waals surface area contributed by atoms with Crippen LogP contribution in [0.4, 0.5) is 0 Å². The summed E-state index contributed by atoms with van der Waals surface area (Å²) in [6.07, 6.45) is 1.28. The van der Waals surface area contributed by atoms with Gasteiger partial charge < -0.3 is 0 Å². The summed E-state index contributed by atoms with van der Waals surface area (Å²) in [7, 11) is 0. The number of aryl methyl sites for hydroxylation is 1. The fraction of sp³-hybridized carbons (Fsp3) is 0.150. The minimum atomic E-state index is 0.145. The molecule has 0 saturated carbocycles. The number of carbonyl (C=O) groups excluding carboxylic acids is 1. The highest BCUT2D eigenvalue weighted by molar-refractivity contribution is 6.03. The molecular weight excluding hydrogens is 256 g/mol. The van der Waals surface area contributed by atoms with Crippen LogP contribution in [-0.4, -0.2) is 5.78 Å². The molecule has 0 unspecified atom stereocenters. The van der Waals surface area contributed by atoms with Gasteiger partial charge in [0, 0.05) is 6.42 Å². The smallest absolute Gasteiger partial charge is 0.158 e. The molecule has 0 aromatic heterocycles. The zero-order valence-electron chi connectivity index (χ0n) is 12.2. The molecule has 3 aromatic rings. The van der Waals surface area contributed by atoms with Gasteiger partial charge in [-0.3, -0.25) is 4.79 Å². The molecule has 3 aromatic carbocycles. The first kappa shape index (κ1) is 13.6. The first-order valence-electron chi connectivity index (χ1n) is 7.25. The molecule has 0 aliphatic carbocycles. The predicted octanol–water partition coefficient (Wildman–Crippen LogP) is 5.07. The lowest BCUT2D eigenvalue weighted by molar-refractivity contribution is -0.115. The van der Waals surface area contributed by atoms with Crippen molar-refractivity contribution in [3.63, 3.8) is 0 Å². The molecule has 0 atom stereocenters. The number of allylic oxidation sites excluding steroid dienone is 1. The average molecular weight is 274 g/mol. The van der Waals surface area contributed by atoms with Crippen molar-refractivity contribution >= 4 is 27.3 Å². The van der Waals surface area contributed by atoms with Gasteiger partial charge in [-0.1, -0.05) is 55.1 Å². The predicted molar refractivity (Wildman–Crippen MR) is 89.6 cm³/mol. The van der Waals surface area contributed by atoms with E-state index in [9.17, 15) is 4.79 Å². The van der Waals surface area contributed by atoms with Gasteiger partial charge in [-0.25, -0.2) is 0 Å². The first-order chi connectivity index (χ1) is 10.2. The van der Waals surface area contributed by atoms with Crippen molar-refractivity contribution in [2.45, 2.75) is 19.8 Å². The van der Waals surface area contributed by atoms with Gasteiger partial charge in [-0.05, 0) is 52.1 Å². The third-order valence-corrected chi connectivity index (χ3v) is 3.96. The molecule has 0 bridgehead atoms. The summed E-state index contributed by atoms with van der Waals surface area (Å²) in [5, 5.41) is 4.94. The van der Waals surface area contributed by atoms with E-state index in [2.05, 4.69) is 61.2 Å². The molecular formula is C20H18O. The Kier molecular flexibility index (Phi) is 3.57. The highest BCUT2D eigenvalue weighted by Crippen LogP contribution is 2.29. The number of rotatable bonds is 4. The van der Waals surface area contributed by atoms with E-state index >= 15 is 0 Å². The number of hydrogen-bond acceptors (Lipinski definition) is 1. The number of carbonyl (C=O) groups is 1. The van der Waals surface area contributed by atoms with Crippen LogP contribution >= 0.6 is 0 Å². The maximum absolute atomic E-state index is 11.9. The van der Waals surface area contributed by atoms with Crippen LogP contribution in [0.1, 0.15) is 18.9 Å². The molecule has 0 N–H and O–H groups in total. The molecule has 0 amide bonds. The van der Waals surface area contributed by atoms with Crippen molar-refractivity contribution in [2.24, 2.45) is 0 Å². The monoisotopic (exact) mass is 274 g/mol. The van der Waals surface area contributed by atoms with Gasteiger partial charge in [-0.15, -0.1) is 0 Å². The standard InChI is InChI=1S/C20H18O/c1-14(2)20(21)12-11-19-17-9-5-3-7-15(17)13-16-8-4-6-10-18(16)19/h3-10,13H,1,11-12H2,2H3. The Hall–Kier alpha value is -2.41. The van der Waals surface area contributed by atoms with Crippen molar-refractivity contribution in [3.05, 3.63) is 72.3 Å². The minimum absolute atomic E-state index is 0.145. The second-order valence-corrected chi connectivity index (χ2v) is 5.50. The normalized spacial score (nSPS) is 10.9. The zero-order chi connectivity index (χ0) is 14.8. The SMILES string of the molecule is C=C(C)C(=O)CCc1c2ccccc2cc2ccccc12. The summed E-state index contributed by atoms with van der Waals surface area (Å²) in [4.78, 5) is 11.9. The topological polar surface area (TPSA) is 17.1 Å². The molecule has 21 heavy (non-hydrogen) atoms. The Balaban J connectivity index is 2.16. The van der Waals surface area contributed by atoms with E-state index in [1.54, 1.807) is 6.92 Å². The molecule has 0 aliphatic rings. The number of Topliss-reactive ketones (excluding diaryl/α,β-unsaturated/α-hetero) is 1. The summed E-state index contributed by atoms with van der Waals surface area (Å²) in [5.74, 6) is 0.145. The van der Waals surface area contributed by atoms with Crippen molar-refractivity contribution in [1.29, 1.82) is 0 Å². The molecule has 0 fully saturated rings. The number of hydrogen-bond donors (Lipinski definition) is 0. The zero-order valence-corrected chi connectivity index (χ0v) is 12.2. The van der Waals surface area contributed by atoms with Crippen LogP contribution in [0, 0.1) is 0 Å². The summed E-state index contributed by atoms with van der Waals surface area (Å²) in [5.41, 5.74) is 1.90. The van der Waals surface area contributed by atoms with Gasteiger partial charge in [-0.2, -0.15) is 0 Å². The van der Waals surface area contributed by atoms with Crippen molar-refractivity contribution in [1.82, 2.24) is 0 Å². The van der Waals surface area contributed by atoms with Gasteiger partial charge in [0.1, 0.15) is 0 Å². The average Bonchev–Trinajstić information content (AvgIpc) is 2.51. The third-order valence-electron chi connectivity index (χ3n) is 3.96. The Morgan fingerprint density at radius 2 is 1.48 bits per heavy atom. The van der Waals surface area contributed by atoms with Crippen molar-refractivity contribution in [2.75, 3.05) is 0 Å². The van der Waals surface area contributed by atoms with Gasteiger partial charge in [0.25, 0.3) is 0 Å². The van der Waals surface area contributed by atoms with E-state index in [0.29, 0.717) is 12.0 Å². The maximum atomic E-state index is 11.9. The van der Waals surface area contributed by atoms with E-state index < -0.39 is 0 Å². The second kappa shape index (κ2) is 5.53. The molecule has 0 saturated heterocycles. The van der Waals surface area contributed by atoms with Crippen molar-refractivity contribution < 1.29 is 4.79 Å². The lowest BCUT2D eigenvalue weighted by atomic mass is 9.93. The molecule has 3 rings (SSSR count). The van der Waals surface area contributed by atoms with E-state index in [1.165, 1.54) is 27.1 Å². The highest BCUT2D eigenvalue weighted by atomic mass is 16.1. The van der Waals surface area contributed by atoms with Crippen LogP contribution < -0.4 is 0 Å². The quantitative estimate of drug-likeness (QED) is 0.479. The molecule has 1 heteroatoms. The summed E-state index contributed by atoms with van der Waals surface area (Å²) in [6.45, 7) is 5.52. The van der Waals surface area contributed by atoms with Crippen LogP contribution in [-0.2, 0) is 11.2 Å². The molecule has 1 nitrogen and oxygen atoms in total. The summed E-state index contributed by atoms with van der Waals surface area (Å²) >= 11 is 0. The van der Waals surface area contributed by atoms with Gasteiger partial charge in [0.15, 0.2) is 5.78 Å². The molecule has 104 valence electrons. The van der Waals surface area contributed by atoms with E-state index in [0.717, 1.165) is 6.42 Å². The Morgan fingerprint density at radius 1 is 0.952 bits per heavy atom. The fourth-order valence-electron chi connectivity index (χ4n) is 2.83. The molecule has 0 aliphatic heterocycles. The second-order valence-electron chi connectivity index (χ2n) is 5.50. The number of benzene rings is 3. The molecule has 0 radical (unpaired) electrons. The van der Waals surface area contributed by atoms with Crippen LogP contribution in [0.15, 0.2) is 66.7 Å². The van der Waals surface area contributed by atoms with Crippen molar-refractivity contribution in [3.8, 4) is 0 Å². The number of fused-ring (bicyclic) bond motifs is 2. The molecule has 0 spiro atoms. The van der Waals surface area contributed by atoms with Gasteiger partial charge >= 0.3 is 0 Å². The third kappa shape index (κ3) is 2.59. The Bertz CT molecular complexity index is 789. The summed E-state index contributed by atoms with van der Waals surface area (Å²) < 4.78 is 0.